The van der Waals surface area contributed by atoms with Crippen molar-refractivity contribution in [1.82, 2.24) is 0 Å². The number of hydrogen-bond donors (Lipinski definition) is 3. The minimum atomic E-state index is -1.47. The van der Waals surface area contributed by atoms with Crippen molar-refractivity contribution in [2.75, 3.05) is 5.32 Å². The van der Waals surface area contributed by atoms with Crippen molar-refractivity contribution < 1.29 is 14.8 Å². The van der Waals surface area contributed by atoms with Gasteiger partial charge in [-0.3, -0.25) is 4.79 Å². The molecule has 1 fully saturated rings. The summed E-state index contributed by atoms with van der Waals surface area (Å²) in [7, 11) is -1.47. The third-order valence-corrected chi connectivity index (χ3v) is 3.26. The summed E-state index contributed by atoms with van der Waals surface area (Å²) in [5.74, 6) is 0.755. The Hall–Kier alpha value is -1.33. The summed E-state index contributed by atoms with van der Waals surface area (Å²) in [5.41, 5.74) is 1.11. The summed E-state index contributed by atoms with van der Waals surface area (Å²) in [6.07, 6.45) is 2.03. The molecule has 90 valence electrons. The van der Waals surface area contributed by atoms with Crippen molar-refractivity contribution in [2.45, 2.75) is 19.8 Å². The average molecular weight is 233 g/mol. The summed E-state index contributed by atoms with van der Waals surface area (Å²) in [4.78, 5) is 11.8. The van der Waals surface area contributed by atoms with Crippen LogP contribution in [0, 0.1) is 11.8 Å². The van der Waals surface area contributed by atoms with E-state index >= 15 is 0 Å². The number of rotatable bonds is 4. The number of anilines is 1. The van der Waals surface area contributed by atoms with Gasteiger partial charge in [0.25, 0.3) is 0 Å². The maximum atomic E-state index is 11.8. The molecule has 2 atom stereocenters. The van der Waals surface area contributed by atoms with E-state index in [4.69, 9.17) is 10.0 Å². The van der Waals surface area contributed by atoms with Gasteiger partial charge >= 0.3 is 7.12 Å². The quantitative estimate of drug-likeness (QED) is 0.657. The Balaban J connectivity index is 1.93. The third kappa shape index (κ3) is 2.87. The van der Waals surface area contributed by atoms with Gasteiger partial charge in [0.05, 0.1) is 0 Å². The van der Waals surface area contributed by atoms with E-state index in [1.807, 2.05) is 0 Å². The number of nitrogens with one attached hydrogen (secondary N) is 1. The first-order valence-corrected chi connectivity index (χ1v) is 5.88. The van der Waals surface area contributed by atoms with Gasteiger partial charge in [-0.25, -0.2) is 0 Å². The van der Waals surface area contributed by atoms with Crippen LogP contribution in [-0.2, 0) is 4.79 Å². The molecule has 2 unspecified atom stereocenters. The Morgan fingerprint density at radius 3 is 2.53 bits per heavy atom. The van der Waals surface area contributed by atoms with Gasteiger partial charge < -0.3 is 15.4 Å². The van der Waals surface area contributed by atoms with Crippen LogP contribution in [0.4, 0.5) is 5.69 Å². The van der Waals surface area contributed by atoms with Crippen LogP contribution in [-0.4, -0.2) is 23.1 Å². The molecule has 3 N–H and O–H groups in total. The maximum Gasteiger partial charge on any atom is 0.488 e. The van der Waals surface area contributed by atoms with E-state index in [1.165, 1.54) is 0 Å². The van der Waals surface area contributed by atoms with Crippen molar-refractivity contribution in [3.05, 3.63) is 24.3 Å². The second-order valence-electron chi connectivity index (χ2n) is 4.50. The van der Waals surface area contributed by atoms with E-state index in [-0.39, 0.29) is 11.8 Å². The first-order chi connectivity index (χ1) is 8.11. The molecule has 4 nitrogen and oxygen atoms in total. The van der Waals surface area contributed by atoms with Gasteiger partial charge in [-0.1, -0.05) is 25.5 Å². The number of carbonyl (C=O) groups excluding carboxylic acids is 1. The van der Waals surface area contributed by atoms with Gasteiger partial charge in [0, 0.05) is 11.6 Å². The lowest BCUT2D eigenvalue weighted by molar-refractivity contribution is -0.117. The molecule has 1 amide bonds. The smallest absolute Gasteiger partial charge is 0.423 e. The maximum absolute atomic E-state index is 11.8. The monoisotopic (exact) mass is 233 g/mol. The van der Waals surface area contributed by atoms with Crippen molar-refractivity contribution in [3.8, 4) is 0 Å². The fraction of sp³-hybridized carbons (Fsp3) is 0.417. The molecule has 1 aliphatic carbocycles. The molecule has 0 radical (unpaired) electrons. The molecule has 17 heavy (non-hydrogen) atoms. The van der Waals surface area contributed by atoms with E-state index in [2.05, 4.69) is 12.2 Å². The lowest BCUT2D eigenvalue weighted by Gasteiger charge is -2.05. The highest BCUT2D eigenvalue weighted by Gasteiger charge is 2.41. The zero-order valence-corrected chi connectivity index (χ0v) is 9.76. The molecule has 1 aromatic carbocycles. The number of amides is 1. The summed E-state index contributed by atoms with van der Waals surface area (Å²) in [5, 5.41) is 20.7. The molecule has 1 aliphatic rings. The van der Waals surface area contributed by atoms with Crippen LogP contribution in [0.2, 0.25) is 0 Å². The average Bonchev–Trinajstić information content (AvgIpc) is 3.09. The molecule has 0 aromatic heterocycles. The van der Waals surface area contributed by atoms with Crippen molar-refractivity contribution in [3.63, 3.8) is 0 Å². The van der Waals surface area contributed by atoms with Crippen LogP contribution in [0.3, 0.4) is 0 Å². The number of carbonyl (C=O) groups is 1. The van der Waals surface area contributed by atoms with Crippen LogP contribution < -0.4 is 10.8 Å². The fourth-order valence-electron chi connectivity index (χ4n) is 1.99. The molecule has 0 bridgehead atoms. The SMILES string of the molecule is CCC1CC1C(=O)Nc1ccc(B(O)O)cc1. The zero-order chi connectivity index (χ0) is 12.4. The molecule has 0 saturated heterocycles. The van der Waals surface area contributed by atoms with Gasteiger partial charge in [0.15, 0.2) is 0 Å². The molecule has 1 aromatic rings. The summed E-state index contributed by atoms with van der Waals surface area (Å²) < 4.78 is 0. The number of hydrogen-bond acceptors (Lipinski definition) is 3. The van der Waals surface area contributed by atoms with E-state index in [0.29, 0.717) is 17.1 Å². The standard InChI is InChI=1S/C12H16BNO3/c1-2-8-7-11(8)12(15)14-10-5-3-9(4-6-10)13(16)17/h3-6,8,11,16-17H,2,7H2,1H3,(H,14,15). The molecule has 0 aliphatic heterocycles. The normalized spacial score (nSPS) is 22.1. The topological polar surface area (TPSA) is 69.6 Å². The zero-order valence-electron chi connectivity index (χ0n) is 9.76. The van der Waals surface area contributed by atoms with Crippen LogP contribution in [0.5, 0.6) is 0 Å². The lowest BCUT2D eigenvalue weighted by Crippen LogP contribution is -2.29. The van der Waals surface area contributed by atoms with Gasteiger partial charge in [0.2, 0.25) is 5.91 Å². The number of benzene rings is 1. The minimum absolute atomic E-state index is 0.0640. The van der Waals surface area contributed by atoms with Gasteiger partial charge in [-0.2, -0.15) is 0 Å². The summed E-state index contributed by atoms with van der Waals surface area (Å²) >= 11 is 0. The molecule has 2 rings (SSSR count). The van der Waals surface area contributed by atoms with Crippen molar-refractivity contribution in [1.29, 1.82) is 0 Å². The Labute approximate surface area is 101 Å². The van der Waals surface area contributed by atoms with E-state index in [9.17, 15) is 4.79 Å². The van der Waals surface area contributed by atoms with Gasteiger partial charge in [-0.15, -0.1) is 0 Å². The molecule has 1 saturated carbocycles. The first-order valence-electron chi connectivity index (χ1n) is 5.88. The molecule has 0 heterocycles. The summed E-state index contributed by atoms with van der Waals surface area (Å²) in [6, 6.07) is 6.53. The molecule has 0 spiro atoms. The third-order valence-electron chi connectivity index (χ3n) is 3.26. The van der Waals surface area contributed by atoms with Gasteiger partial charge in [-0.05, 0) is 29.9 Å². The van der Waals surface area contributed by atoms with Crippen LogP contribution in [0.25, 0.3) is 0 Å². The molecule has 5 heteroatoms. The van der Waals surface area contributed by atoms with Crippen molar-refractivity contribution in [2.24, 2.45) is 11.8 Å². The highest BCUT2D eigenvalue weighted by Crippen LogP contribution is 2.41. The van der Waals surface area contributed by atoms with E-state index < -0.39 is 7.12 Å². The predicted octanol–water partition coefficient (Wildman–Crippen LogP) is 0.351. The second-order valence-corrected chi connectivity index (χ2v) is 4.50. The largest absolute Gasteiger partial charge is 0.488 e. The van der Waals surface area contributed by atoms with Gasteiger partial charge in [0.1, 0.15) is 0 Å². The predicted molar refractivity (Wildman–Crippen MR) is 66.8 cm³/mol. The summed E-state index contributed by atoms with van der Waals surface area (Å²) in [6.45, 7) is 2.09. The lowest BCUT2D eigenvalue weighted by atomic mass is 9.80. The van der Waals surface area contributed by atoms with Crippen LogP contribution in [0.15, 0.2) is 24.3 Å². The van der Waals surface area contributed by atoms with Crippen molar-refractivity contribution >= 4 is 24.2 Å². The highest BCUT2D eigenvalue weighted by molar-refractivity contribution is 6.58. The van der Waals surface area contributed by atoms with E-state index in [0.717, 1.165) is 12.8 Å². The Kier molecular flexibility index (Phi) is 3.50. The molecular weight excluding hydrogens is 217 g/mol. The Bertz CT molecular complexity index is 405. The van der Waals surface area contributed by atoms with Crippen LogP contribution >= 0.6 is 0 Å². The Morgan fingerprint density at radius 1 is 1.41 bits per heavy atom. The highest BCUT2D eigenvalue weighted by atomic mass is 16.4. The molecular formula is C12H16BNO3. The van der Waals surface area contributed by atoms with E-state index in [1.54, 1.807) is 24.3 Å². The second kappa shape index (κ2) is 4.90. The Morgan fingerprint density at radius 2 is 2.06 bits per heavy atom. The van der Waals surface area contributed by atoms with Crippen LogP contribution in [0.1, 0.15) is 19.8 Å². The fourth-order valence-corrected chi connectivity index (χ4v) is 1.99. The first kappa shape index (κ1) is 12.1. The minimum Gasteiger partial charge on any atom is -0.423 e.